The monoisotopic (exact) mass is 406 g/mol. The lowest BCUT2D eigenvalue weighted by Gasteiger charge is -2.22. The second-order valence-corrected chi connectivity index (χ2v) is 8.56. The molecule has 28 heavy (non-hydrogen) atoms. The fourth-order valence-electron chi connectivity index (χ4n) is 3.25. The lowest BCUT2D eigenvalue weighted by molar-refractivity contribution is 0.0662. The lowest BCUT2D eigenvalue weighted by Crippen LogP contribution is -2.30. The first kappa shape index (κ1) is 20.5. The summed E-state index contributed by atoms with van der Waals surface area (Å²) in [5.41, 5.74) is 0.994. The van der Waals surface area contributed by atoms with E-state index in [-0.39, 0.29) is 16.8 Å². The van der Waals surface area contributed by atoms with Crippen LogP contribution in [-0.4, -0.2) is 54.7 Å². The molecule has 3 rings (SSSR count). The Labute approximate surface area is 165 Å². The summed E-state index contributed by atoms with van der Waals surface area (Å²) < 4.78 is 33.6. The SMILES string of the molecule is CCN(CC)S(=O)(=O)c1ccc(C(=O)Nc2cnn(C3CCOCC3)c2)cc1. The highest BCUT2D eigenvalue weighted by Gasteiger charge is 2.22. The van der Waals surface area contributed by atoms with Gasteiger partial charge in [0.05, 0.1) is 22.8 Å². The molecule has 1 aliphatic heterocycles. The second kappa shape index (κ2) is 8.85. The average Bonchev–Trinajstić information content (AvgIpc) is 3.18. The van der Waals surface area contributed by atoms with Gasteiger partial charge in [0.15, 0.2) is 0 Å². The van der Waals surface area contributed by atoms with E-state index in [1.807, 2.05) is 10.9 Å². The van der Waals surface area contributed by atoms with Gasteiger partial charge in [0, 0.05) is 38.1 Å². The van der Waals surface area contributed by atoms with E-state index in [1.165, 1.54) is 28.6 Å². The molecule has 1 aliphatic rings. The first-order valence-electron chi connectivity index (χ1n) is 9.49. The predicted molar refractivity (Wildman–Crippen MR) is 106 cm³/mol. The molecule has 1 aromatic heterocycles. The molecule has 2 heterocycles. The number of sulfonamides is 1. The topological polar surface area (TPSA) is 93.5 Å². The summed E-state index contributed by atoms with van der Waals surface area (Å²) >= 11 is 0. The Morgan fingerprint density at radius 1 is 1.21 bits per heavy atom. The molecule has 0 bridgehead atoms. The van der Waals surface area contributed by atoms with Gasteiger partial charge in [-0.25, -0.2) is 8.42 Å². The number of nitrogens with one attached hydrogen (secondary N) is 1. The summed E-state index contributed by atoms with van der Waals surface area (Å²) in [6.45, 7) is 5.83. The van der Waals surface area contributed by atoms with Crippen LogP contribution in [0.15, 0.2) is 41.6 Å². The van der Waals surface area contributed by atoms with Crippen LogP contribution in [-0.2, 0) is 14.8 Å². The number of nitrogens with zero attached hydrogens (tertiary/aromatic N) is 3. The van der Waals surface area contributed by atoms with Gasteiger partial charge >= 0.3 is 0 Å². The third kappa shape index (κ3) is 4.43. The molecule has 0 spiro atoms. The molecule has 1 N–H and O–H groups in total. The predicted octanol–water partition coefficient (Wildman–Crippen LogP) is 2.52. The molecule has 152 valence electrons. The standard InChI is InChI=1S/C19H26N4O4S/c1-3-22(4-2)28(25,26)18-7-5-15(6-8-18)19(24)21-16-13-20-23(14-16)17-9-11-27-12-10-17/h5-8,13-14,17H,3-4,9-12H2,1-2H3,(H,21,24). The molecular formula is C19H26N4O4S. The second-order valence-electron chi connectivity index (χ2n) is 6.62. The molecule has 0 radical (unpaired) electrons. The molecule has 8 nitrogen and oxygen atoms in total. The van der Waals surface area contributed by atoms with Crippen LogP contribution in [0.2, 0.25) is 0 Å². The Morgan fingerprint density at radius 2 is 1.86 bits per heavy atom. The number of benzene rings is 1. The highest BCUT2D eigenvalue weighted by Crippen LogP contribution is 2.22. The van der Waals surface area contributed by atoms with Crippen molar-refractivity contribution in [1.82, 2.24) is 14.1 Å². The zero-order valence-corrected chi connectivity index (χ0v) is 17.0. The van der Waals surface area contributed by atoms with E-state index in [1.54, 1.807) is 20.0 Å². The summed E-state index contributed by atoms with van der Waals surface area (Å²) in [5.74, 6) is -0.307. The van der Waals surface area contributed by atoms with Crippen molar-refractivity contribution in [2.45, 2.75) is 37.6 Å². The normalized spacial score (nSPS) is 15.7. The van der Waals surface area contributed by atoms with Crippen molar-refractivity contribution in [3.05, 3.63) is 42.2 Å². The van der Waals surface area contributed by atoms with Crippen molar-refractivity contribution >= 4 is 21.6 Å². The van der Waals surface area contributed by atoms with Gasteiger partial charge in [0.1, 0.15) is 0 Å². The molecule has 1 saturated heterocycles. The number of carbonyl (C=O) groups excluding carboxylic acids is 1. The number of amides is 1. The minimum atomic E-state index is -3.53. The number of rotatable bonds is 7. The minimum Gasteiger partial charge on any atom is -0.381 e. The molecule has 0 atom stereocenters. The van der Waals surface area contributed by atoms with Crippen molar-refractivity contribution in [3.63, 3.8) is 0 Å². The fourth-order valence-corrected chi connectivity index (χ4v) is 4.70. The number of ether oxygens (including phenoxy) is 1. The maximum atomic E-state index is 12.5. The van der Waals surface area contributed by atoms with Gasteiger partial charge in [-0.1, -0.05) is 13.8 Å². The summed E-state index contributed by atoms with van der Waals surface area (Å²) in [6, 6.07) is 6.26. The van der Waals surface area contributed by atoms with Crippen LogP contribution < -0.4 is 5.32 Å². The van der Waals surface area contributed by atoms with E-state index in [0.717, 1.165) is 26.1 Å². The Hall–Kier alpha value is -2.23. The van der Waals surface area contributed by atoms with E-state index in [4.69, 9.17) is 4.74 Å². The molecule has 9 heteroatoms. The van der Waals surface area contributed by atoms with Gasteiger partial charge in [-0.3, -0.25) is 9.48 Å². The van der Waals surface area contributed by atoms with Crippen molar-refractivity contribution < 1.29 is 17.9 Å². The molecule has 0 saturated carbocycles. The lowest BCUT2D eigenvalue weighted by atomic mass is 10.1. The van der Waals surface area contributed by atoms with Gasteiger partial charge in [-0.15, -0.1) is 0 Å². The highest BCUT2D eigenvalue weighted by molar-refractivity contribution is 7.89. The van der Waals surface area contributed by atoms with Crippen LogP contribution in [0.3, 0.4) is 0 Å². The van der Waals surface area contributed by atoms with Crippen LogP contribution in [0.25, 0.3) is 0 Å². The quantitative estimate of drug-likeness (QED) is 0.763. The molecule has 1 aromatic carbocycles. The van der Waals surface area contributed by atoms with E-state index < -0.39 is 10.0 Å². The van der Waals surface area contributed by atoms with Gasteiger partial charge in [0.25, 0.3) is 5.91 Å². The van der Waals surface area contributed by atoms with Crippen LogP contribution in [0.5, 0.6) is 0 Å². The summed E-state index contributed by atoms with van der Waals surface area (Å²) in [6.07, 6.45) is 5.23. The number of hydrogen-bond acceptors (Lipinski definition) is 5. The van der Waals surface area contributed by atoms with E-state index in [9.17, 15) is 13.2 Å². The number of hydrogen-bond donors (Lipinski definition) is 1. The smallest absolute Gasteiger partial charge is 0.255 e. The Bertz CT molecular complexity index is 898. The van der Waals surface area contributed by atoms with Gasteiger partial charge in [0.2, 0.25) is 10.0 Å². The molecule has 0 aliphatic carbocycles. The summed E-state index contributed by atoms with van der Waals surface area (Å²) in [4.78, 5) is 12.7. The van der Waals surface area contributed by atoms with E-state index in [2.05, 4.69) is 10.4 Å². The molecule has 1 fully saturated rings. The Kier molecular flexibility index (Phi) is 6.48. The zero-order valence-electron chi connectivity index (χ0n) is 16.2. The van der Waals surface area contributed by atoms with Crippen molar-refractivity contribution in [2.75, 3.05) is 31.6 Å². The minimum absolute atomic E-state index is 0.181. The third-order valence-corrected chi connectivity index (χ3v) is 6.95. The number of carbonyl (C=O) groups is 1. The fraction of sp³-hybridized carbons (Fsp3) is 0.474. The molecule has 2 aromatic rings. The third-order valence-electron chi connectivity index (χ3n) is 4.88. The van der Waals surface area contributed by atoms with Crippen LogP contribution in [0.4, 0.5) is 5.69 Å². The summed E-state index contributed by atoms with van der Waals surface area (Å²) in [7, 11) is -3.53. The first-order chi connectivity index (χ1) is 13.5. The van der Waals surface area contributed by atoms with Crippen LogP contribution in [0.1, 0.15) is 43.1 Å². The van der Waals surface area contributed by atoms with Crippen molar-refractivity contribution in [3.8, 4) is 0 Å². The summed E-state index contributed by atoms with van der Waals surface area (Å²) in [5, 5.41) is 7.14. The molecule has 1 amide bonds. The van der Waals surface area contributed by atoms with E-state index in [0.29, 0.717) is 24.3 Å². The van der Waals surface area contributed by atoms with Gasteiger partial charge < -0.3 is 10.1 Å². The maximum absolute atomic E-state index is 12.5. The largest absolute Gasteiger partial charge is 0.381 e. The zero-order chi connectivity index (χ0) is 20.1. The maximum Gasteiger partial charge on any atom is 0.255 e. The molecule has 0 unspecified atom stereocenters. The van der Waals surface area contributed by atoms with E-state index >= 15 is 0 Å². The van der Waals surface area contributed by atoms with Crippen molar-refractivity contribution in [2.24, 2.45) is 0 Å². The van der Waals surface area contributed by atoms with Gasteiger partial charge in [-0.2, -0.15) is 9.40 Å². The number of anilines is 1. The average molecular weight is 407 g/mol. The number of aromatic nitrogens is 2. The van der Waals surface area contributed by atoms with Crippen LogP contribution >= 0.6 is 0 Å². The van der Waals surface area contributed by atoms with Crippen LogP contribution in [0, 0.1) is 0 Å². The highest BCUT2D eigenvalue weighted by atomic mass is 32.2. The molecular weight excluding hydrogens is 380 g/mol. The Morgan fingerprint density at radius 3 is 2.46 bits per heavy atom. The van der Waals surface area contributed by atoms with Crippen molar-refractivity contribution in [1.29, 1.82) is 0 Å². The first-order valence-corrected chi connectivity index (χ1v) is 10.9. The van der Waals surface area contributed by atoms with Gasteiger partial charge in [-0.05, 0) is 37.1 Å². The Balaban J connectivity index is 1.67.